The molecule has 0 saturated carbocycles. The van der Waals surface area contributed by atoms with Gasteiger partial charge in [-0.2, -0.15) is 0 Å². The van der Waals surface area contributed by atoms with E-state index in [1.165, 1.54) is 31.5 Å². The van der Waals surface area contributed by atoms with E-state index < -0.39 is 0 Å². The minimum Gasteiger partial charge on any atom is -0.385 e. The first-order chi connectivity index (χ1) is 6.95. The van der Waals surface area contributed by atoms with Crippen molar-refractivity contribution in [3.05, 3.63) is 30.3 Å². The van der Waals surface area contributed by atoms with Crippen LogP contribution in [0.5, 0.6) is 0 Å². The number of anilines is 1. The van der Waals surface area contributed by atoms with Crippen LogP contribution in [0.2, 0.25) is 0 Å². The Kier molecular flexibility index (Phi) is 3.41. The van der Waals surface area contributed by atoms with Gasteiger partial charge in [0, 0.05) is 18.3 Å². The summed E-state index contributed by atoms with van der Waals surface area (Å²) in [6.45, 7) is 2.28. The Bertz CT molecular complexity index is 252. The minimum absolute atomic E-state index is 0.742. The number of nitrogens with one attached hydrogen (secondary N) is 2. The molecule has 1 aromatic carbocycles. The molecule has 1 saturated heterocycles. The number of benzene rings is 1. The van der Waals surface area contributed by atoms with Gasteiger partial charge < -0.3 is 10.6 Å². The van der Waals surface area contributed by atoms with Gasteiger partial charge in [-0.1, -0.05) is 18.2 Å². The van der Waals surface area contributed by atoms with Gasteiger partial charge in [0.1, 0.15) is 0 Å². The Labute approximate surface area is 85.7 Å². The summed E-state index contributed by atoms with van der Waals surface area (Å²) in [4.78, 5) is 0. The molecule has 1 aliphatic rings. The van der Waals surface area contributed by atoms with E-state index in [4.69, 9.17) is 0 Å². The van der Waals surface area contributed by atoms with Crippen molar-refractivity contribution in [2.45, 2.75) is 25.3 Å². The molecule has 1 aliphatic heterocycles. The highest BCUT2D eigenvalue weighted by molar-refractivity contribution is 5.42. The highest BCUT2D eigenvalue weighted by atomic mass is 14.9. The quantitative estimate of drug-likeness (QED) is 0.761. The van der Waals surface area contributed by atoms with Crippen LogP contribution in [0.25, 0.3) is 0 Å². The maximum absolute atomic E-state index is 3.50. The lowest BCUT2D eigenvalue weighted by molar-refractivity contribution is 0.574. The highest BCUT2D eigenvalue weighted by Gasteiger charge is 2.12. The van der Waals surface area contributed by atoms with Gasteiger partial charge in [-0.25, -0.2) is 0 Å². The molecule has 2 rings (SSSR count). The van der Waals surface area contributed by atoms with Crippen LogP contribution in [0, 0.1) is 0 Å². The molecule has 0 bridgehead atoms. The van der Waals surface area contributed by atoms with Crippen molar-refractivity contribution in [2.75, 3.05) is 18.4 Å². The largest absolute Gasteiger partial charge is 0.385 e. The molecule has 2 N–H and O–H groups in total. The first-order valence-electron chi connectivity index (χ1n) is 5.47. The van der Waals surface area contributed by atoms with Gasteiger partial charge in [0.15, 0.2) is 0 Å². The summed E-state index contributed by atoms with van der Waals surface area (Å²) in [6, 6.07) is 11.1. The Hall–Kier alpha value is -1.02. The third kappa shape index (κ3) is 2.74. The van der Waals surface area contributed by atoms with Gasteiger partial charge in [0.25, 0.3) is 0 Å². The SMILES string of the molecule is c1ccc(NCCC2CCCN2)cc1. The second-order valence-corrected chi connectivity index (χ2v) is 3.87. The van der Waals surface area contributed by atoms with E-state index in [1.54, 1.807) is 0 Å². The Balaban J connectivity index is 1.67. The average Bonchev–Trinajstić information content (AvgIpc) is 2.72. The molecule has 2 heteroatoms. The second kappa shape index (κ2) is 5.01. The number of rotatable bonds is 4. The van der Waals surface area contributed by atoms with E-state index in [-0.39, 0.29) is 0 Å². The van der Waals surface area contributed by atoms with Crippen LogP contribution >= 0.6 is 0 Å². The topological polar surface area (TPSA) is 24.1 Å². The summed E-state index contributed by atoms with van der Waals surface area (Å²) in [5.74, 6) is 0. The van der Waals surface area contributed by atoms with Gasteiger partial charge >= 0.3 is 0 Å². The summed E-state index contributed by atoms with van der Waals surface area (Å²) in [5, 5.41) is 6.93. The summed E-state index contributed by atoms with van der Waals surface area (Å²) in [6.07, 6.45) is 3.92. The van der Waals surface area contributed by atoms with Crippen molar-refractivity contribution in [3.63, 3.8) is 0 Å². The molecule has 76 valence electrons. The number of hydrogen-bond donors (Lipinski definition) is 2. The maximum Gasteiger partial charge on any atom is 0.0340 e. The van der Waals surface area contributed by atoms with Crippen LogP contribution in [0.1, 0.15) is 19.3 Å². The second-order valence-electron chi connectivity index (χ2n) is 3.87. The molecule has 1 heterocycles. The predicted molar refractivity (Wildman–Crippen MR) is 60.6 cm³/mol. The van der Waals surface area contributed by atoms with Crippen LogP contribution in [0.15, 0.2) is 30.3 Å². The van der Waals surface area contributed by atoms with Gasteiger partial charge in [-0.3, -0.25) is 0 Å². The zero-order valence-corrected chi connectivity index (χ0v) is 8.50. The van der Waals surface area contributed by atoms with Crippen molar-refractivity contribution in [3.8, 4) is 0 Å². The molecular weight excluding hydrogens is 172 g/mol. The molecule has 1 fully saturated rings. The lowest BCUT2D eigenvalue weighted by Crippen LogP contribution is -2.24. The summed E-state index contributed by atoms with van der Waals surface area (Å²) < 4.78 is 0. The fourth-order valence-electron chi connectivity index (χ4n) is 1.95. The first-order valence-corrected chi connectivity index (χ1v) is 5.47. The van der Waals surface area contributed by atoms with Crippen LogP contribution in [-0.2, 0) is 0 Å². The molecule has 0 aromatic heterocycles. The summed E-state index contributed by atoms with van der Waals surface area (Å²) in [7, 11) is 0. The number of hydrogen-bond acceptors (Lipinski definition) is 2. The zero-order chi connectivity index (χ0) is 9.64. The van der Waals surface area contributed by atoms with Crippen LogP contribution in [0.4, 0.5) is 5.69 Å². The average molecular weight is 190 g/mol. The van der Waals surface area contributed by atoms with Crippen LogP contribution in [0.3, 0.4) is 0 Å². The van der Waals surface area contributed by atoms with Gasteiger partial charge in [0.05, 0.1) is 0 Å². The maximum atomic E-state index is 3.50. The van der Waals surface area contributed by atoms with E-state index in [0.717, 1.165) is 12.6 Å². The fourth-order valence-corrected chi connectivity index (χ4v) is 1.95. The van der Waals surface area contributed by atoms with Crippen molar-refractivity contribution in [1.82, 2.24) is 5.32 Å². The third-order valence-electron chi connectivity index (χ3n) is 2.76. The lowest BCUT2D eigenvalue weighted by atomic mass is 10.1. The van der Waals surface area contributed by atoms with Crippen molar-refractivity contribution < 1.29 is 0 Å². The van der Waals surface area contributed by atoms with E-state index in [2.05, 4.69) is 34.9 Å². The molecule has 0 amide bonds. The normalized spacial score (nSPS) is 21.0. The van der Waals surface area contributed by atoms with E-state index >= 15 is 0 Å². The smallest absolute Gasteiger partial charge is 0.0340 e. The van der Waals surface area contributed by atoms with Crippen LogP contribution < -0.4 is 10.6 Å². The highest BCUT2D eigenvalue weighted by Crippen LogP contribution is 2.10. The van der Waals surface area contributed by atoms with Gasteiger partial charge in [0.2, 0.25) is 0 Å². The first kappa shape index (κ1) is 9.53. The molecule has 0 spiro atoms. The standard InChI is InChI=1S/C12H18N2/c1-2-5-11(6-3-1)14-10-8-12-7-4-9-13-12/h1-3,5-6,12-14H,4,7-10H2. The number of para-hydroxylation sites is 1. The zero-order valence-electron chi connectivity index (χ0n) is 8.50. The predicted octanol–water partition coefficient (Wildman–Crippen LogP) is 2.24. The van der Waals surface area contributed by atoms with E-state index in [9.17, 15) is 0 Å². The molecule has 1 aromatic rings. The lowest BCUT2D eigenvalue weighted by Gasteiger charge is -2.11. The van der Waals surface area contributed by atoms with E-state index in [0.29, 0.717) is 0 Å². The van der Waals surface area contributed by atoms with Gasteiger partial charge in [-0.05, 0) is 37.9 Å². The summed E-state index contributed by atoms with van der Waals surface area (Å²) in [5.41, 5.74) is 1.23. The minimum atomic E-state index is 0.742. The molecule has 0 radical (unpaired) electrons. The molecule has 1 unspecified atom stereocenters. The van der Waals surface area contributed by atoms with Crippen LogP contribution in [-0.4, -0.2) is 19.1 Å². The third-order valence-corrected chi connectivity index (χ3v) is 2.76. The Morgan fingerprint density at radius 2 is 2.14 bits per heavy atom. The van der Waals surface area contributed by atoms with Crippen molar-refractivity contribution in [1.29, 1.82) is 0 Å². The molecular formula is C12H18N2. The van der Waals surface area contributed by atoms with E-state index in [1.807, 2.05) is 6.07 Å². The molecule has 2 nitrogen and oxygen atoms in total. The summed E-state index contributed by atoms with van der Waals surface area (Å²) >= 11 is 0. The Morgan fingerprint density at radius 3 is 2.86 bits per heavy atom. The fraction of sp³-hybridized carbons (Fsp3) is 0.500. The Morgan fingerprint density at radius 1 is 1.29 bits per heavy atom. The molecule has 14 heavy (non-hydrogen) atoms. The van der Waals surface area contributed by atoms with Crippen molar-refractivity contribution >= 4 is 5.69 Å². The molecule has 1 atom stereocenters. The van der Waals surface area contributed by atoms with Gasteiger partial charge in [-0.15, -0.1) is 0 Å². The molecule has 0 aliphatic carbocycles. The monoisotopic (exact) mass is 190 g/mol. The van der Waals surface area contributed by atoms with Crippen molar-refractivity contribution in [2.24, 2.45) is 0 Å².